The summed E-state index contributed by atoms with van der Waals surface area (Å²) in [7, 11) is 0. The monoisotopic (exact) mass is 366 g/mol. The molecule has 25 heavy (non-hydrogen) atoms. The summed E-state index contributed by atoms with van der Waals surface area (Å²) in [5, 5.41) is 14.2. The molecule has 7 nitrogen and oxygen atoms in total. The van der Waals surface area contributed by atoms with Crippen molar-refractivity contribution in [3.8, 4) is 0 Å². The lowest BCUT2D eigenvalue weighted by atomic mass is 10.2. The van der Waals surface area contributed by atoms with E-state index in [9.17, 15) is 5.11 Å². The first-order chi connectivity index (χ1) is 11.8. The molecule has 0 bridgehead atoms. The van der Waals surface area contributed by atoms with Gasteiger partial charge < -0.3 is 24.5 Å². The van der Waals surface area contributed by atoms with Crippen molar-refractivity contribution in [2.45, 2.75) is 63.9 Å². The standard InChI is InChI=1S/C17H23ClN4O3/c1-17(2,3)25-12-7-10(12)19-4-5-22-11(13-15(23)24-13)6-9-8-20-16(18)21-14(9)22/h6,8,10,12-13,15,19,23H,4-5,7H2,1-3H3. The number of hydrogen-bond acceptors (Lipinski definition) is 6. The highest BCUT2D eigenvalue weighted by atomic mass is 35.5. The number of ether oxygens (including phenoxy) is 2. The third-order valence-electron chi connectivity index (χ3n) is 4.38. The minimum atomic E-state index is -0.743. The van der Waals surface area contributed by atoms with Crippen LogP contribution in [0.4, 0.5) is 0 Å². The Morgan fingerprint density at radius 2 is 2.24 bits per heavy atom. The number of aliphatic hydroxyl groups excluding tert-OH is 1. The van der Waals surface area contributed by atoms with Gasteiger partial charge in [0.05, 0.1) is 17.4 Å². The van der Waals surface area contributed by atoms with Gasteiger partial charge in [-0.05, 0) is 44.9 Å². The summed E-state index contributed by atoms with van der Waals surface area (Å²) in [5.74, 6) is 0. The summed E-state index contributed by atoms with van der Waals surface area (Å²) in [5.41, 5.74) is 1.55. The molecule has 0 radical (unpaired) electrons. The maximum atomic E-state index is 9.62. The van der Waals surface area contributed by atoms with Crippen molar-refractivity contribution in [3.63, 3.8) is 0 Å². The fourth-order valence-corrected chi connectivity index (χ4v) is 3.29. The second kappa shape index (κ2) is 6.17. The van der Waals surface area contributed by atoms with Crippen molar-refractivity contribution in [3.05, 3.63) is 23.2 Å². The van der Waals surface area contributed by atoms with E-state index in [1.54, 1.807) is 6.20 Å². The van der Waals surface area contributed by atoms with Crippen LogP contribution in [0, 0.1) is 0 Å². The zero-order valence-electron chi connectivity index (χ0n) is 14.6. The minimum Gasteiger partial charge on any atom is -0.371 e. The van der Waals surface area contributed by atoms with Gasteiger partial charge in [-0.1, -0.05) is 0 Å². The predicted molar refractivity (Wildman–Crippen MR) is 93.4 cm³/mol. The molecule has 4 atom stereocenters. The van der Waals surface area contributed by atoms with Gasteiger partial charge in [-0.3, -0.25) is 0 Å². The highest BCUT2D eigenvalue weighted by Crippen LogP contribution is 2.39. The number of halogens is 1. The maximum absolute atomic E-state index is 9.62. The van der Waals surface area contributed by atoms with Crippen molar-refractivity contribution in [2.24, 2.45) is 0 Å². The maximum Gasteiger partial charge on any atom is 0.224 e. The van der Waals surface area contributed by atoms with E-state index in [0.717, 1.165) is 29.7 Å². The van der Waals surface area contributed by atoms with Crippen LogP contribution >= 0.6 is 11.6 Å². The summed E-state index contributed by atoms with van der Waals surface area (Å²) in [4.78, 5) is 8.36. The van der Waals surface area contributed by atoms with Crippen LogP contribution in [0.25, 0.3) is 11.0 Å². The van der Waals surface area contributed by atoms with Gasteiger partial charge in [-0.15, -0.1) is 0 Å². The van der Waals surface area contributed by atoms with Crippen LogP contribution in [0.1, 0.15) is 39.0 Å². The number of hydrogen-bond donors (Lipinski definition) is 2. The number of epoxide rings is 1. The van der Waals surface area contributed by atoms with E-state index in [0.29, 0.717) is 12.6 Å². The zero-order chi connectivity index (χ0) is 17.8. The van der Waals surface area contributed by atoms with E-state index in [-0.39, 0.29) is 23.1 Å². The lowest BCUT2D eigenvalue weighted by Gasteiger charge is -2.19. The number of aromatic nitrogens is 3. The Hall–Kier alpha value is -1.25. The number of rotatable bonds is 6. The highest BCUT2D eigenvalue weighted by molar-refractivity contribution is 6.28. The second-order valence-corrected chi connectivity index (χ2v) is 7.99. The van der Waals surface area contributed by atoms with E-state index >= 15 is 0 Å². The van der Waals surface area contributed by atoms with Gasteiger partial charge >= 0.3 is 0 Å². The Morgan fingerprint density at radius 3 is 2.92 bits per heavy atom. The molecule has 1 saturated heterocycles. The van der Waals surface area contributed by atoms with Crippen LogP contribution in [-0.4, -0.2) is 50.2 Å². The molecule has 2 aliphatic rings. The van der Waals surface area contributed by atoms with Gasteiger partial charge in [-0.25, -0.2) is 4.98 Å². The average Bonchev–Trinajstić information content (AvgIpc) is 3.38. The molecular weight excluding hydrogens is 344 g/mol. The van der Waals surface area contributed by atoms with E-state index in [4.69, 9.17) is 21.1 Å². The van der Waals surface area contributed by atoms with Gasteiger partial charge in [0, 0.05) is 30.7 Å². The molecular formula is C17H23ClN4O3. The summed E-state index contributed by atoms with van der Waals surface area (Å²) in [6.07, 6.45) is 1.97. The highest BCUT2D eigenvalue weighted by Gasteiger charge is 2.42. The minimum absolute atomic E-state index is 0.113. The molecule has 136 valence electrons. The predicted octanol–water partition coefficient (Wildman–Crippen LogP) is 2.02. The van der Waals surface area contributed by atoms with Crippen LogP contribution < -0.4 is 5.32 Å². The molecule has 4 unspecified atom stereocenters. The van der Waals surface area contributed by atoms with Crippen LogP contribution in [0.15, 0.2) is 12.3 Å². The molecule has 3 heterocycles. The molecule has 0 amide bonds. The molecule has 0 aromatic carbocycles. The van der Waals surface area contributed by atoms with Crippen LogP contribution in [-0.2, 0) is 16.0 Å². The van der Waals surface area contributed by atoms with Crippen molar-refractivity contribution < 1.29 is 14.6 Å². The summed E-state index contributed by atoms with van der Waals surface area (Å²) >= 11 is 5.95. The van der Waals surface area contributed by atoms with Crippen molar-refractivity contribution in [2.75, 3.05) is 6.54 Å². The first-order valence-corrected chi connectivity index (χ1v) is 8.96. The van der Waals surface area contributed by atoms with Crippen LogP contribution in [0.5, 0.6) is 0 Å². The molecule has 2 fully saturated rings. The van der Waals surface area contributed by atoms with Gasteiger partial charge in [-0.2, -0.15) is 4.98 Å². The molecule has 1 aliphatic carbocycles. The molecule has 2 N–H and O–H groups in total. The molecule has 1 saturated carbocycles. The molecule has 2 aromatic heterocycles. The number of nitrogens with one attached hydrogen (secondary N) is 1. The average molecular weight is 367 g/mol. The fourth-order valence-electron chi connectivity index (χ4n) is 3.16. The largest absolute Gasteiger partial charge is 0.371 e. The van der Waals surface area contributed by atoms with Crippen LogP contribution in [0.3, 0.4) is 0 Å². The second-order valence-electron chi connectivity index (χ2n) is 7.65. The first-order valence-electron chi connectivity index (χ1n) is 8.58. The number of nitrogens with zero attached hydrogens (tertiary/aromatic N) is 3. The third kappa shape index (κ3) is 3.80. The van der Waals surface area contributed by atoms with Gasteiger partial charge in [0.2, 0.25) is 5.28 Å². The molecule has 1 aliphatic heterocycles. The topological polar surface area (TPSA) is 84.7 Å². The molecule has 8 heteroatoms. The lowest BCUT2D eigenvalue weighted by molar-refractivity contribution is -0.0189. The quantitative estimate of drug-likeness (QED) is 0.601. The summed E-state index contributed by atoms with van der Waals surface area (Å²) in [6, 6.07) is 2.35. The third-order valence-corrected chi connectivity index (χ3v) is 4.56. The Bertz CT molecular complexity index is 788. The Kier molecular flexibility index (Phi) is 4.24. The van der Waals surface area contributed by atoms with Gasteiger partial charge in [0.25, 0.3) is 0 Å². The normalized spacial score (nSPS) is 28.5. The summed E-state index contributed by atoms with van der Waals surface area (Å²) < 4.78 is 13.2. The number of aliphatic hydroxyl groups is 1. The number of fused-ring (bicyclic) bond motifs is 1. The van der Waals surface area contributed by atoms with E-state index in [1.165, 1.54) is 0 Å². The SMILES string of the molecule is CC(C)(C)OC1CC1NCCn1c(C2OC2O)cc2cnc(Cl)nc21. The smallest absolute Gasteiger partial charge is 0.224 e. The molecule has 4 rings (SSSR count). The van der Waals surface area contributed by atoms with Crippen molar-refractivity contribution in [1.29, 1.82) is 0 Å². The molecule has 2 aromatic rings. The van der Waals surface area contributed by atoms with Crippen molar-refractivity contribution >= 4 is 22.6 Å². The Labute approximate surface area is 151 Å². The summed E-state index contributed by atoms with van der Waals surface area (Å²) in [6.45, 7) is 7.70. The lowest BCUT2D eigenvalue weighted by Crippen LogP contribution is -2.29. The zero-order valence-corrected chi connectivity index (χ0v) is 15.3. The molecule has 0 spiro atoms. The van der Waals surface area contributed by atoms with E-state index in [1.807, 2.05) is 10.6 Å². The first kappa shape index (κ1) is 17.2. The Morgan fingerprint density at radius 1 is 1.48 bits per heavy atom. The van der Waals surface area contributed by atoms with Gasteiger partial charge in [0.1, 0.15) is 5.65 Å². The fraction of sp³-hybridized carbons (Fsp3) is 0.647. The van der Waals surface area contributed by atoms with Crippen molar-refractivity contribution in [1.82, 2.24) is 19.9 Å². The van der Waals surface area contributed by atoms with Gasteiger partial charge in [0.15, 0.2) is 12.4 Å². The van der Waals surface area contributed by atoms with E-state index in [2.05, 4.69) is 36.1 Å². The van der Waals surface area contributed by atoms with Crippen LogP contribution in [0.2, 0.25) is 5.28 Å². The van der Waals surface area contributed by atoms with E-state index < -0.39 is 6.29 Å². The Balaban J connectivity index is 1.43.